The summed E-state index contributed by atoms with van der Waals surface area (Å²) in [6, 6.07) is 0. The highest BCUT2D eigenvalue weighted by Crippen LogP contribution is 2.61. The van der Waals surface area contributed by atoms with E-state index in [1.165, 1.54) is 25.7 Å². The molecule has 0 aromatic rings. The van der Waals surface area contributed by atoms with Crippen molar-refractivity contribution in [2.45, 2.75) is 78.7 Å². The third-order valence-electron chi connectivity index (χ3n) is 7.20. The molecule has 1 heteroatoms. The zero-order valence-electron chi connectivity index (χ0n) is 14.7. The van der Waals surface area contributed by atoms with E-state index in [2.05, 4.69) is 40.3 Å². The van der Waals surface area contributed by atoms with Crippen LogP contribution in [-0.4, -0.2) is 10.7 Å². The molecule has 0 aromatic carbocycles. The van der Waals surface area contributed by atoms with Crippen LogP contribution in [0, 0.1) is 22.7 Å². The van der Waals surface area contributed by atoms with Crippen LogP contribution < -0.4 is 0 Å². The first-order valence-corrected chi connectivity index (χ1v) is 8.69. The Bertz CT molecular complexity index is 433. The van der Waals surface area contributed by atoms with E-state index in [1.54, 1.807) is 11.6 Å². The zero-order valence-corrected chi connectivity index (χ0v) is 14.7. The highest BCUT2D eigenvalue weighted by atomic mass is 16.3. The van der Waals surface area contributed by atoms with E-state index in [4.69, 9.17) is 0 Å². The quantitative estimate of drug-likeness (QED) is 0.678. The Balaban J connectivity index is 2.27. The molecule has 1 saturated carbocycles. The van der Waals surface area contributed by atoms with Gasteiger partial charge in [-0.2, -0.15) is 0 Å². The molecule has 21 heavy (non-hydrogen) atoms. The highest BCUT2D eigenvalue weighted by Gasteiger charge is 2.53. The van der Waals surface area contributed by atoms with Gasteiger partial charge in [0.15, 0.2) is 0 Å². The maximum Gasteiger partial charge on any atom is 0.0797 e. The molecule has 0 aliphatic heterocycles. The molecule has 0 radical (unpaired) electrons. The summed E-state index contributed by atoms with van der Waals surface area (Å²) in [5, 5.41) is 10.3. The third-order valence-corrected chi connectivity index (χ3v) is 7.20. The minimum atomic E-state index is -0.726. The van der Waals surface area contributed by atoms with Gasteiger partial charge in [-0.25, -0.2) is 0 Å². The lowest BCUT2D eigenvalue weighted by molar-refractivity contribution is -0.0582. The fraction of sp³-hybridized carbons (Fsp3) is 0.800. The van der Waals surface area contributed by atoms with Crippen LogP contribution >= 0.6 is 0 Å². The van der Waals surface area contributed by atoms with Crippen molar-refractivity contribution < 1.29 is 5.11 Å². The summed E-state index contributed by atoms with van der Waals surface area (Å²) < 4.78 is 0. The van der Waals surface area contributed by atoms with Crippen molar-refractivity contribution in [2.24, 2.45) is 22.7 Å². The fourth-order valence-electron chi connectivity index (χ4n) is 4.96. The van der Waals surface area contributed by atoms with Crippen LogP contribution in [0.3, 0.4) is 0 Å². The summed E-state index contributed by atoms with van der Waals surface area (Å²) in [5.41, 5.74) is 1.58. The minimum Gasteiger partial charge on any atom is -0.386 e. The molecule has 2 rings (SSSR count). The average molecular weight is 290 g/mol. The maximum absolute atomic E-state index is 10.3. The molecule has 2 aliphatic carbocycles. The van der Waals surface area contributed by atoms with Crippen molar-refractivity contribution in [1.82, 2.24) is 0 Å². The number of fused-ring (bicyclic) bond motifs is 1. The van der Waals surface area contributed by atoms with Gasteiger partial charge in [0.1, 0.15) is 0 Å². The topological polar surface area (TPSA) is 20.2 Å². The van der Waals surface area contributed by atoms with Crippen LogP contribution in [0.1, 0.15) is 73.1 Å². The van der Waals surface area contributed by atoms with Crippen molar-refractivity contribution in [2.75, 3.05) is 0 Å². The first-order valence-electron chi connectivity index (χ1n) is 8.69. The van der Waals surface area contributed by atoms with Gasteiger partial charge < -0.3 is 5.11 Å². The molecule has 0 unspecified atom stereocenters. The normalized spacial score (nSPS) is 42.7. The Hall–Kier alpha value is -0.560. The first kappa shape index (κ1) is 16.8. The molecule has 0 saturated heterocycles. The van der Waals surface area contributed by atoms with Crippen LogP contribution in [-0.2, 0) is 0 Å². The van der Waals surface area contributed by atoms with Gasteiger partial charge in [0.2, 0.25) is 0 Å². The van der Waals surface area contributed by atoms with Crippen LogP contribution in [0.2, 0.25) is 0 Å². The molecule has 0 amide bonds. The number of hydrogen-bond donors (Lipinski definition) is 1. The summed E-state index contributed by atoms with van der Waals surface area (Å²) in [6.07, 6.45) is 11.3. The fourth-order valence-corrected chi connectivity index (χ4v) is 4.96. The van der Waals surface area contributed by atoms with E-state index in [9.17, 15) is 5.11 Å². The lowest BCUT2D eigenvalue weighted by atomic mass is 9.47. The molecule has 0 spiro atoms. The standard InChI is InChI=1S/C20H34O/c1-7-18(4,21)13-14-20(6)16(3)11-12-19(5)15(2)9-8-10-17(19)20/h7,9,16-17,21H,1,8,10-14H2,2-6H3/t16-,17+,18+,19+,20-/m0/s1. The summed E-state index contributed by atoms with van der Waals surface area (Å²) >= 11 is 0. The summed E-state index contributed by atoms with van der Waals surface area (Å²) in [6.45, 7) is 15.4. The van der Waals surface area contributed by atoms with E-state index < -0.39 is 5.60 Å². The highest BCUT2D eigenvalue weighted by molar-refractivity contribution is 5.20. The molecule has 5 atom stereocenters. The predicted octanol–water partition coefficient (Wildman–Crippen LogP) is 5.50. The largest absolute Gasteiger partial charge is 0.386 e. The van der Waals surface area contributed by atoms with Crippen molar-refractivity contribution in [1.29, 1.82) is 0 Å². The van der Waals surface area contributed by atoms with Gasteiger partial charge in [0.25, 0.3) is 0 Å². The summed E-state index contributed by atoms with van der Waals surface area (Å²) in [4.78, 5) is 0. The van der Waals surface area contributed by atoms with E-state index in [0.29, 0.717) is 10.8 Å². The monoisotopic (exact) mass is 290 g/mol. The van der Waals surface area contributed by atoms with Crippen LogP contribution in [0.25, 0.3) is 0 Å². The Kier molecular flexibility index (Phi) is 4.46. The second-order valence-electron chi connectivity index (χ2n) is 8.44. The Morgan fingerprint density at radius 3 is 2.71 bits per heavy atom. The Morgan fingerprint density at radius 1 is 1.43 bits per heavy atom. The summed E-state index contributed by atoms with van der Waals surface area (Å²) in [5.74, 6) is 1.49. The van der Waals surface area contributed by atoms with Gasteiger partial charge in [0.05, 0.1) is 5.60 Å². The van der Waals surface area contributed by atoms with Crippen molar-refractivity contribution in [3.8, 4) is 0 Å². The van der Waals surface area contributed by atoms with Crippen molar-refractivity contribution in [3.63, 3.8) is 0 Å². The van der Waals surface area contributed by atoms with Gasteiger partial charge in [-0.05, 0) is 75.0 Å². The zero-order chi connectivity index (χ0) is 15.9. The van der Waals surface area contributed by atoms with E-state index in [1.807, 2.05) is 6.92 Å². The van der Waals surface area contributed by atoms with Crippen molar-refractivity contribution in [3.05, 3.63) is 24.3 Å². The molecule has 0 heterocycles. The number of aliphatic hydroxyl groups is 1. The summed E-state index contributed by atoms with van der Waals surface area (Å²) in [7, 11) is 0. The first-order chi connectivity index (χ1) is 9.66. The molecule has 1 nitrogen and oxygen atoms in total. The van der Waals surface area contributed by atoms with Crippen LogP contribution in [0.15, 0.2) is 24.3 Å². The molecule has 2 aliphatic rings. The number of hydrogen-bond acceptors (Lipinski definition) is 1. The maximum atomic E-state index is 10.3. The Morgan fingerprint density at radius 2 is 2.10 bits per heavy atom. The van der Waals surface area contributed by atoms with Crippen LogP contribution in [0.5, 0.6) is 0 Å². The number of rotatable bonds is 4. The molecule has 1 N–H and O–H groups in total. The van der Waals surface area contributed by atoms with Crippen molar-refractivity contribution >= 4 is 0 Å². The van der Waals surface area contributed by atoms with Crippen LogP contribution in [0.4, 0.5) is 0 Å². The lowest BCUT2D eigenvalue weighted by Gasteiger charge is -2.58. The molecular formula is C20H34O. The van der Waals surface area contributed by atoms with E-state index in [-0.39, 0.29) is 0 Å². The van der Waals surface area contributed by atoms with Gasteiger partial charge in [-0.1, -0.05) is 38.5 Å². The average Bonchev–Trinajstić information content (AvgIpc) is 2.44. The Labute approximate surface area is 131 Å². The second-order valence-corrected chi connectivity index (χ2v) is 8.44. The SMILES string of the molecule is C=C[C@@](C)(O)CC[C@@]1(C)[C@@H](C)CC[C@]2(C)C(C)=CCC[C@@H]12. The van der Waals surface area contributed by atoms with E-state index in [0.717, 1.165) is 24.7 Å². The third kappa shape index (κ3) is 2.86. The van der Waals surface area contributed by atoms with Gasteiger partial charge in [0, 0.05) is 0 Å². The molecule has 0 aromatic heterocycles. The predicted molar refractivity (Wildman–Crippen MR) is 91.1 cm³/mol. The molecule has 1 fully saturated rings. The molecule has 120 valence electrons. The molecular weight excluding hydrogens is 256 g/mol. The second kappa shape index (κ2) is 5.57. The van der Waals surface area contributed by atoms with Gasteiger partial charge in [-0.15, -0.1) is 6.58 Å². The van der Waals surface area contributed by atoms with E-state index >= 15 is 0 Å². The minimum absolute atomic E-state index is 0.329. The van der Waals surface area contributed by atoms with Gasteiger partial charge in [-0.3, -0.25) is 0 Å². The lowest BCUT2D eigenvalue weighted by Crippen LogP contribution is -2.50. The number of allylic oxidation sites excluding steroid dienone is 2. The molecule has 0 bridgehead atoms. The van der Waals surface area contributed by atoms with Gasteiger partial charge >= 0.3 is 0 Å². The smallest absolute Gasteiger partial charge is 0.0797 e.